The van der Waals surface area contributed by atoms with Gasteiger partial charge in [0.1, 0.15) is 6.04 Å². The Balaban J connectivity index is 0. The SMILES string of the molecule is CC(C(=O)O)N(N)N.Cl. The highest BCUT2D eigenvalue weighted by Crippen LogP contribution is 1.82. The molecule has 0 aliphatic carbocycles. The first-order valence-electron chi connectivity index (χ1n) is 2.07. The molecular formula is C3H10ClN3O2. The molecule has 0 aromatic carbocycles. The molecule has 56 valence electrons. The third kappa shape index (κ3) is 4.16. The molecule has 0 rings (SSSR count). The number of nitrogens with zero attached hydrogens (tertiary/aromatic N) is 1. The molecule has 0 aromatic rings. The van der Waals surface area contributed by atoms with E-state index in [4.69, 9.17) is 16.8 Å². The molecule has 0 heterocycles. The Morgan fingerprint density at radius 3 is 2.00 bits per heavy atom. The van der Waals surface area contributed by atoms with E-state index < -0.39 is 12.0 Å². The second-order valence-electron chi connectivity index (χ2n) is 1.46. The van der Waals surface area contributed by atoms with Crippen LogP contribution in [0, 0.1) is 0 Å². The minimum Gasteiger partial charge on any atom is -0.480 e. The summed E-state index contributed by atoms with van der Waals surface area (Å²) in [5.41, 5.74) is 0. The molecule has 0 saturated heterocycles. The standard InChI is InChI=1S/C3H9N3O2.ClH/c1-2(3(7)8)6(4)5;/h2H,4-5H2,1H3,(H,7,8);1H. The first-order valence-corrected chi connectivity index (χ1v) is 2.07. The van der Waals surface area contributed by atoms with Crippen LogP contribution < -0.4 is 11.7 Å². The zero-order chi connectivity index (χ0) is 6.73. The van der Waals surface area contributed by atoms with Crippen molar-refractivity contribution in [1.29, 1.82) is 0 Å². The zero-order valence-corrected chi connectivity index (χ0v) is 5.76. The van der Waals surface area contributed by atoms with Crippen molar-refractivity contribution in [2.45, 2.75) is 13.0 Å². The van der Waals surface area contributed by atoms with Gasteiger partial charge < -0.3 is 5.11 Å². The molecule has 1 unspecified atom stereocenters. The molecule has 0 saturated carbocycles. The van der Waals surface area contributed by atoms with Gasteiger partial charge in [-0.1, -0.05) is 0 Å². The third-order valence-corrected chi connectivity index (χ3v) is 0.805. The molecule has 0 amide bonds. The molecule has 0 spiro atoms. The van der Waals surface area contributed by atoms with Gasteiger partial charge in [0.05, 0.1) is 0 Å². The summed E-state index contributed by atoms with van der Waals surface area (Å²) in [6.45, 7) is 1.39. The van der Waals surface area contributed by atoms with Crippen LogP contribution in [0.1, 0.15) is 6.92 Å². The van der Waals surface area contributed by atoms with E-state index in [1.54, 1.807) is 0 Å². The predicted octanol–water partition coefficient (Wildman–Crippen LogP) is -1.07. The summed E-state index contributed by atoms with van der Waals surface area (Å²) in [6, 6.07) is -0.824. The van der Waals surface area contributed by atoms with Gasteiger partial charge in [-0.25, -0.2) is 0 Å². The van der Waals surface area contributed by atoms with Gasteiger partial charge in [0.2, 0.25) is 0 Å². The van der Waals surface area contributed by atoms with Gasteiger partial charge in [0, 0.05) is 0 Å². The number of hydrazine groups is 2. The lowest BCUT2D eigenvalue weighted by Gasteiger charge is -2.12. The van der Waals surface area contributed by atoms with Gasteiger partial charge in [0.25, 0.3) is 0 Å². The highest BCUT2D eigenvalue weighted by molar-refractivity contribution is 5.85. The van der Waals surface area contributed by atoms with Gasteiger partial charge in [-0.05, 0) is 6.92 Å². The van der Waals surface area contributed by atoms with Gasteiger partial charge in [-0.15, -0.1) is 12.4 Å². The highest BCUT2D eigenvalue weighted by Gasteiger charge is 2.12. The zero-order valence-electron chi connectivity index (χ0n) is 4.94. The van der Waals surface area contributed by atoms with Crippen molar-refractivity contribution < 1.29 is 9.90 Å². The van der Waals surface area contributed by atoms with Crippen molar-refractivity contribution >= 4 is 18.4 Å². The normalized spacial score (nSPS) is 12.4. The van der Waals surface area contributed by atoms with Crippen molar-refractivity contribution in [3.8, 4) is 0 Å². The van der Waals surface area contributed by atoms with E-state index >= 15 is 0 Å². The summed E-state index contributed by atoms with van der Waals surface area (Å²) < 4.78 is 0. The molecule has 0 aliphatic rings. The van der Waals surface area contributed by atoms with Crippen molar-refractivity contribution in [3.63, 3.8) is 0 Å². The number of carboxylic acid groups (broad SMARTS) is 1. The van der Waals surface area contributed by atoms with Crippen LogP contribution >= 0.6 is 12.4 Å². The highest BCUT2D eigenvalue weighted by atomic mass is 35.5. The Hall–Kier alpha value is -0.360. The Labute approximate surface area is 59.0 Å². The van der Waals surface area contributed by atoms with Crippen LogP contribution in [-0.4, -0.2) is 22.2 Å². The smallest absolute Gasteiger partial charge is 0.323 e. The van der Waals surface area contributed by atoms with Crippen molar-refractivity contribution in [3.05, 3.63) is 0 Å². The minimum absolute atomic E-state index is 0. The third-order valence-electron chi connectivity index (χ3n) is 0.805. The minimum atomic E-state index is -1.03. The van der Waals surface area contributed by atoms with E-state index in [2.05, 4.69) is 0 Å². The van der Waals surface area contributed by atoms with Crippen LogP contribution in [-0.2, 0) is 4.79 Å². The number of carboxylic acids is 1. The number of nitrogens with two attached hydrogens (primary N) is 2. The molecule has 5 N–H and O–H groups in total. The number of aliphatic carboxylic acids is 1. The average Bonchev–Trinajstić information content (AvgIpc) is 1.64. The quantitative estimate of drug-likeness (QED) is 0.349. The molecule has 0 aliphatic heterocycles. The summed E-state index contributed by atoms with van der Waals surface area (Å²) in [7, 11) is 0. The molecule has 1 atom stereocenters. The molecule has 6 heteroatoms. The number of rotatable bonds is 2. The van der Waals surface area contributed by atoms with Crippen molar-refractivity contribution in [1.82, 2.24) is 5.12 Å². The van der Waals surface area contributed by atoms with Crippen molar-refractivity contribution in [2.24, 2.45) is 11.7 Å². The fourth-order valence-electron chi connectivity index (χ4n) is 0.128. The van der Waals surface area contributed by atoms with Crippen LogP contribution in [0.25, 0.3) is 0 Å². The van der Waals surface area contributed by atoms with E-state index in [0.29, 0.717) is 5.12 Å². The van der Waals surface area contributed by atoms with E-state index in [9.17, 15) is 4.79 Å². The second kappa shape index (κ2) is 4.51. The Kier molecular flexibility index (Phi) is 5.73. The lowest BCUT2D eigenvalue weighted by molar-refractivity contribution is -0.142. The summed E-state index contributed by atoms with van der Waals surface area (Å²) in [4.78, 5) is 9.94. The summed E-state index contributed by atoms with van der Waals surface area (Å²) in [6.07, 6.45) is 0. The van der Waals surface area contributed by atoms with Crippen LogP contribution in [0.4, 0.5) is 0 Å². The van der Waals surface area contributed by atoms with Gasteiger partial charge in [-0.2, -0.15) is 5.12 Å². The maximum absolute atomic E-state index is 9.94. The maximum atomic E-state index is 9.94. The Morgan fingerprint density at radius 2 is 2.00 bits per heavy atom. The fraction of sp³-hybridized carbons (Fsp3) is 0.667. The molecule has 9 heavy (non-hydrogen) atoms. The van der Waals surface area contributed by atoms with E-state index in [1.807, 2.05) is 0 Å². The largest absolute Gasteiger partial charge is 0.480 e. The van der Waals surface area contributed by atoms with Crippen LogP contribution in [0.15, 0.2) is 0 Å². The second-order valence-corrected chi connectivity index (χ2v) is 1.46. The number of hydrogen-bond acceptors (Lipinski definition) is 4. The number of halogens is 1. The van der Waals surface area contributed by atoms with Crippen LogP contribution in [0.2, 0.25) is 0 Å². The predicted molar refractivity (Wildman–Crippen MR) is 34.6 cm³/mol. The molecular weight excluding hydrogens is 146 g/mol. The number of carbonyl (C=O) groups is 1. The summed E-state index contributed by atoms with van der Waals surface area (Å²) in [5.74, 6) is 8.70. The van der Waals surface area contributed by atoms with Gasteiger partial charge >= 0.3 is 5.97 Å². The van der Waals surface area contributed by atoms with Crippen LogP contribution in [0.3, 0.4) is 0 Å². The van der Waals surface area contributed by atoms with Gasteiger partial charge in [-0.3, -0.25) is 16.5 Å². The fourth-order valence-corrected chi connectivity index (χ4v) is 0.128. The van der Waals surface area contributed by atoms with Crippen molar-refractivity contribution in [2.75, 3.05) is 0 Å². The first kappa shape index (κ1) is 11.4. The topological polar surface area (TPSA) is 92.6 Å². The van der Waals surface area contributed by atoms with E-state index in [0.717, 1.165) is 0 Å². The monoisotopic (exact) mass is 155 g/mol. The molecule has 0 fully saturated rings. The summed E-state index contributed by atoms with van der Waals surface area (Å²) in [5, 5.41) is 8.79. The lowest BCUT2D eigenvalue weighted by atomic mass is 10.4. The van der Waals surface area contributed by atoms with Crippen LogP contribution in [0.5, 0.6) is 0 Å². The Bertz CT molecular complexity index is 97.1. The first-order chi connectivity index (χ1) is 3.55. The average molecular weight is 156 g/mol. The van der Waals surface area contributed by atoms with E-state index in [-0.39, 0.29) is 12.4 Å². The molecule has 0 aromatic heterocycles. The molecule has 5 nitrogen and oxygen atoms in total. The summed E-state index contributed by atoms with van der Waals surface area (Å²) >= 11 is 0. The molecule has 0 radical (unpaired) electrons. The molecule has 0 bridgehead atoms. The Morgan fingerprint density at radius 1 is 1.67 bits per heavy atom. The van der Waals surface area contributed by atoms with E-state index in [1.165, 1.54) is 6.92 Å². The maximum Gasteiger partial charge on any atom is 0.323 e. The lowest BCUT2D eigenvalue weighted by Crippen LogP contribution is -2.48. The number of hydrogen-bond donors (Lipinski definition) is 3. The van der Waals surface area contributed by atoms with Gasteiger partial charge in [0.15, 0.2) is 0 Å².